The Bertz CT molecular complexity index is 1070. The van der Waals surface area contributed by atoms with E-state index in [9.17, 15) is 0 Å². The summed E-state index contributed by atoms with van der Waals surface area (Å²) in [7, 11) is 2.18. The highest BCUT2D eigenvalue weighted by Gasteiger charge is 2.30. The summed E-state index contributed by atoms with van der Waals surface area (Å²) < 4.78 is 2.30. The normalized spacial score (nSPS) is 12.4. The molecule has 138 valence electrons. The Morgan fingerprint density at radius 2 is 1.52 bits per heavy atom. The van der Waals surface area contributed by atoms with E-state index in [-0.39, 0.29) is 0 Å². The summed E-state index contributed by atoms with van der Waals surface area (Å²) in [6, 6.07) is 11.6. The highest BCUT2D eigenvalue weighted by atomic mass is 14.9. The first kappa shape index (κ1) is 18.0. The van der Waals surface area contributed by atoms with Crippen LogP contribution < -0.4 is 4.57 Å². The van der Waals surface area contributed by atoms with E-state index < -0.39 is 0 Å². The molecule has 1 heteroatoms. The van der Waals surface area contributed by atoms with Gasteiger partial charge in [0, 0.05) is 11.6 Å². The monoisotopic (exact) mass is 356 g/mol. The minimum absolute atomic E-state index is 0.535. The van der Waals surface area contributed by atoms with Gasteiger partial charge in [-0.25, -0.2) is 4.57 Å². The van der Waals surface area contributed by atoms with Gasteiger partial charge in [-0.2, -0.15) is 0 Å². The Kier molecular flexibility index (Phi) is 4.22. The smallest absolute Gasteiger partial charge is 0.201 e. The third kappa shape index (κ3) is 2.72. The average Bonchev–Trinajstić information content (AvgIpc) is 2.98. The quantitative estimate of drug-likeness (QED) is 0.382. The fourth-order valence-corrected chi connectivity index (χ4v) is 4.83. The Morgan fingerprint density at radius 1 is 0.815 bits per heavy atom. The molecule has 27 heavy (non-hydrogen) atoms. The molecule has 0 unspecified atom stereocenters. The Morgan fingerprint density at radius 3 is 2.22 bits per heavy atom. The van der Waals surface area contributed by atoms with Crippen LogP contribution in [-0.4, -0.2) is 0 Å². The Labute approximate surface area is 163 Å². The number of hydrogen-bond acceptors (Lipinski definition) is 0. The van der Waals surface area contributed by atoms with Gasteiger partial charge in [0.1, 0.15) is 7.05 Å². The molecule has 1 nitrogen and oxygen atoms in total. The van der Waals surface area contributed by atoms with E-state index in [0.29, 0.717) is 5.92 Å². The lowest BCUT2D eigenvalue weighted by molar-refractivity contribution is -0.660. The van der Waals surface area contributed by atoms with Crippen LogP contribution in [0.5, 0.6) is 0 Å². The van der Waals surface area contributed by atoms with E-state index in [4.69, 9.17) is 0 Å². The van der Waals surface area contributed by atoms with Crippen LogP contribution >= 0.6 is 0 Å². The molecule has 2 aromatic carbocycles. The first-order valence-corrected chi connectivity index (χ1v) is 10.0. The van der Waals surface area contributed by atoms with Gasteiger partial charge < -0.3 is 0 Å². The van der Waals surface area contributed by atoms with Crippen molar-refractivity contribution in [2.45, 2.75) is 53.9 Å². The minimum atomic E-state index is 0.535. The van der Waals surface area contributed by atoms with Crippen molar-refractivity contribution in [3.8, 4) is 22.4 Å². The first-order chi connectivity index (χ1) is 12.8. The third-order valence-electron chi connectivity index (χ3n) is 6.25. The molecule has 0 fully saturated rings. The van der Waals surface area contributed by atoms with Crippen molar-refractivity contribution >= 4 is 0 Å². The van der Waals surface area contributed by atoms with Crippen LogP contribution in [0, 0.1) is 27.7 Å². The highest BCUT2D eigenvalue weighted by molar-refractivity contribution is 5.88. The van der Waals surface area contributed by atoms with Crippen molar-refractivity contribution in [3.05, 3.63) is 75.5 Å². The largest absolute Gasteiger partial charge is 0.213 e. The predicted octanol–water partition coefficient (Wildman–Crippen LogP) is 6.11. The Hall–Kier alpha value is -2.41. The zero-order valence-corrected chi connectivity index (χ0v) is 17.7. The second kappa shape index (κ2) is 6.34. The van der Waals surface area contributed by atoms with Crippen LogP contribution in [-0.2, 0) is 13.5 Å². The topological polar surface area (TPSA) is 3.88 Å². The fraction of sp³-hybridized carbons (Fsp3) is 0.346. The number of nitrogens with zero attached hydrogens (tertiary/aromatic N) is 1. The zero-order valence-electron chi connectivity index (χ0n) is 17.7. The van der Waals surface area contributed by atoms with Gasteiger partial charge in [-0.15, -0.1) is 0 Å². The summed E-state index contributed by atoms with van der Waals surface area (Å²) in [5.41, 5.74) is 15.7. The summed E-state index contributed by atoms with van der Waals surface area (Å²) in [5, 5.41) is 0. The maximum absolute atomic E-state index is 2.38. The lowest BCUT2D eigenvalue weighted by Crippen LogP contribution is -2.32. The van der Waals surface area contributed by atoms with E-state index in [2.05, 4.69) is 89.7 Å². The maximum Gasteiger partial charge on any atom is 0.213 e. The molecule has 0 N–H and O–H groups in total. The number of hydrogen-bond donors (Lipinski definition) is 0. The second-order valence-corrected chi connectivity index (χ2v) is 8.59. The number of rotatable bonds is 2. The van der Waals surface area contributed by atoms with Crippen molar-refractivity contribution in [3.63, 3.8) is 0 Å². The van der Waals surface area contributed by atoms with Gasteiger partial charge in [0.05, 0.1) is 5.56 Å². The molecule has 3 aromatic rings. The van der Waals surface area contributed by atoms with E-state index in [0.717, 1.165) is 6.42 Å². The first-order valence-electron chi connectivity index (χ1n) is 10.0. The molecule has 0 atom stereocenters. The van der Waals surface area contributed by atoms with Gasteiger partial charge in [0.25, 0.3) is 0 Å². The van der Waals surface area contributed by atoms with Crippen LogP contribution in [0.1, 0.15) is 58.7 Å². The summed E-state index contributed by atoms with van der Waals surface area (Å²) in [5.74, 6) is 0.535. The van der Waals surface area contributed by atoms with Gasteiger partial charge >= 0.3 is 0 Å². The number of aryl methyl sites for hydroxylation is 5. The summed E-state index contributed by atoms with van der Waals surface area (Å²) in [6.45, 7) is 13.6. The molecule has 1 aromatic heterocycles. The molecule has 0 saturated carbocycles. The van der Waals surface area contributed by atoms with E-state index >= 15 is 0 Å². The van der Waals surface area contributed by atoms with E-state index in [1.807, 2.05) is 0 Å². The van der Waals surface area contributed by atoms with E-state index in [1.54, 1.807) is 0 Å². The van der Waals surface area contributed by atoms with Crippen LogP contribution in [0.15, 0.2) is 36.5 Å². The molecule has 0 aliphatic heterocycles. The van der Waals surface area contributed by atoms with Gasteiger partial charge in [-0.3, -0.25) is 0 Å². The second-order valence-electron chi connectivity index (χ2n) is 8.59. The molecule has 0 radical (unpaired) electrons. The zero-order chi connectivity index (χ0) is 19.5. The predicted molar refractivity (Wildman–Crippen MR) is 114 cm³/mol. The van der Waals surface area contributed by atoms with Crippen LogP contribution in [0.3, 0.4) is 0 Å². The number of benzene rings is 2. The lowest BCUT2D eigenvalue weighted by atomic mass is 9.87. The molecule has 4 rings (SSSR count). The van der Waals surface area contributed by atoms with Crippen LogP contribution in [0.25, 0.3) is 22.4 Å². The fourth-order valence-electron chi connectivity index (χ4n) is 4.83. The molecule has 0 spiro atoms. The molecule has 1 heterocycles. The van der Waals surface area contributed by atoms with Crippen LogP contribution in [0.4, 0.5) is 0 Å². The molecule has 1 aliphatic rings. The van der Waals surface area contributed by atoms with Crippen LogP contribution in [0.2, 0.25) is 0 Å². The molecule has 0 amide bonds. The van der Waals surface area contributed by atoms with Gasteiger partial charge in [-0.05, 0) is 84.5 Å². The Balaban J connectivity index is 2.06. The van der Waals surface area contributed by atoms with Crippen molar-refractivity contribution in [1.82, 2.24) is 0 Å². The average molecular weight is 357 g/mol. The van der Waals surface area contributed by atoms with E-state index in [1.165, 1.54) is 61.3 Å². The summed E-state index contributed by atoms with van der Waals surface area (Å²) >= 11 is 0. The number of pyridine rings is 1. The molecular weight excluding hydrogens is 326 g/mol. The minimum Gasteiger partial charge on any atom is -0.201 e. The maximum atomic E-state index is 2.38. The summed E-state index contributed by atoms with van der Waals surface area (Å²) in [4.78, 5) is 0. The van der Waals surface area contributed by atoms with Crippen molar-refractivity contribution in [2.24, 2.45) is 7.05 Å². The van der Waals surface area contributed by atoms with Crippen molar-refractivity contribution in [1.29, 1.82) is 0 Å². The SMILES string of the molecule is Cc1cc(-c2c(C)cc(C)c3c2Cc2cccc(C(C)C)c2-3)[n+](C)cc1C. The molecule has 0 bridgehead atoms. The van der Waals surface area contributed by atoms with Crippen molar-refractivity contribution < 1.29 is 4.57 Å². The van der Waals surface area contributed by atoms with Gasteiger partial charge in [0.15, 0.2) is 6.20 Å². The van der Waals surface area contributed by atoms with Gasteiger partial charge in [-0.1, -0.05) is 38.1 Å². The van der Waals surface area contributed by atoms with Gasteiger partial charge in [0.2, 0.25) is 5.69 Å². The lowest BCUT2D eigenvalue weighted by Gasteiger charge is -2.17. The third-order valence-corrected chi connectivity index (χ3v) is 6.25. The number of aromatic nitrogens is 1. The highest BCUT2D eigenvalue weighted by Crippen LogP contribution is 2.47. The molecular formula is C26H30N+. The molecule has 1 aliphatic carbocycles. The molecule has 0 saturated heterocycles. The number of fused-ring (bicyclic) bond motifs is 3. The standard InChI is InChI=1S/C26H30N/c1-15(2)21-10-8-9-20-13-22-24(17(4)11-18(5)25(22)26(20)21)23-12-16(3)19(6)14-27(23)7/h8-12,14-15H,13H2,1-7H3/q+1. The summed E-state index contributed by atoms with van der Waals surface area (Å²) in [6.07, 6.45) is 3.30. The van der Waals surface area contributed by atoms with Crippen molar-refractivity contribution in [2.75, 3.05) is 0 Å².